The van der Waals surface area contributed by atoms with Crippen molar-refractivity contribution >= 4 is 15.9 Å². The molecule has 1 N–H and O–H groups in total. The topological polar surface area (TPSA) is 49.0 Å². The van der Waals surface area contributed by atoms with E-state index in [2.05, 4.69) is 34.2 Å². The summed E-state index contributed by atoms with van der Waals surface area (Å²) in [5.74, 6) is 3.10. The molecule has 0 unspecified atom stereocenters. The van der Waals surface area contributed by atoms with E-state index >= 15 is 0 Å². The summed E-state index contributed by atoms with van der Waals surface area (Å²) < 4.78 is 22.9. The van der Waals surface area contributed by atoms with Crippen molar-refractivity contribution in [3.05, 3.63) is 45.9 Å². The van der Waals surface area contributed by atoms with E-state index in [-0.39, 0.29) is 0 Å². The first-order valence-corrected chi connectivity index (χ1v) is 9.09. The quantitative estimate of drug-likeness (QED) is 0.707. The highest BCUT2D eigenvalue weighted by molar-refractivity contribution is 9.10. The van der Waals surface area contributed by atoms with E-state index in [1.165, 1.54) is 0 Å². The fourth-order valence-electron chi connectivity index (χ4n) is 2.62. The lowest BCUT2D eigenvalue weighted by Gasteiger charge is -2.14. The molecule has 6 heteroatoms. The molecule has 0 radical (unpaired) electrons. The van der Waals surface area contributed by atoms with E-state index in [0.29, 0.717) is 13.4 Å². The van der Waals surface area contributed by atoms with Gasteiger partial charge >= 0.3 is 0 Å². The van der Waals surface area contributed by atoms with Crippen LogP contribution >= 0.6 is 15.9 Å². The summed E-state index contributed by atoms with van der Waals surface area (Å²) in [5.41, 5.74) is 2.27. The van der Waals surface area contributed by atoms with Crippen molar-refractivity contribution in [3.8, 4) is 23.0 Å². The van der Waals surface area contributed by atoms with Crippen molar-refractivity contribution in [2.75, 3.05) is 20.5 Å². The third kappa shape index (κ3) is 4.38. The standard InChI is InChI=1S/C19H22BrNO4/c1-3-6-23-19-15(20)7-14(9-18(19)22-2)11-21-10-13-4-5-16-17(8-13)25-12-24-16/h4-5,7-9,21H,3,6,10-12H2,1-2H3. The van der Waals surface area contributed by atoms with Crippen molar-refractivity contribution in [2.24, 2.45) is 0 Å². The Morgan fingerprint density at radius 3 is 2.68 bits per heavy atom. The Balaban J connectivity index is 1.62. The molecule has 0 saturated heterocycles. The van der Waals surface area contributed by atoms with Crippen LogP contribution in [0.3, 0.4) is 0 Å². The van der Waals surface area contributed by atoms with Gasteiger partial charge in [-0.25, -0.2) is 0 Å². The Kier molecular flexibility index (Phi) is 6.04. The minimum Gasteiger partial charge on any atom is -0.493 e. The van der Waals surface area contributed by atoms with Crippen LogP contribution in [0.5, 0.6) is 23.0 Å². The smallest absolute Gasteiger partial charge is 0.231 e. The molecule has 5 nitrogen and oxygen atoms in total. The molecule has 0 fully saturated rings. The number of fused-ring (bicyclic) bond motifs is 1. The molecule has 1 heterocycles. The molecule has 0 aromatic heterocycles. The highest BCUT2D eigenvalue weighted by Gasteiger charge is 2.14. The summed E-state index contributed by atoms with van der Waals surface area (Å²) in [6, 6.07) is 10.0. The second kappa shape index (κ2) is 8.45. The first-order chi connectivity index (χ1) is 12.2. The van der Waals surface area contributed by atoms with Crippen molar-refractivity contribution in [1.29, 1.82) is 0 Å². The van der Waals surface area contributed by atoms with Crippen molar-refractivity contribution in [3.63, 3.8) is 0 Å². The molecule has 0 atom stereocenters. The van der Waals surface area contributed by atoms with Gasteiger partial charge in [0.05, 0.1) is 18.2 Å². The Morgan fingerprint density at radius 1 is 1.08 bits per heavy atom. The number of benzene rings is 2. The normalized spacial score (nSPS) is 12.3. The van der Waals surface area contributed by atoms with Gasteiger partial charge in [-0.1, -0.05) is 13.0 Å². The average molecular weight is 408 g/mol. The molecular formula is C19H22BrNO4. The van der Waals surface area contributed by atoms with Gasteiger partial charge in [0.2, 0.25) is 6.79 Å². The third-order valence-corrected chi connectivity index (χ3v) is 4.42. The monoisotopic (exact) mass is 407 g/mol. The molecule has 0 amide bonds. The molecule has 3 rings (SSSR count). The highest BCUT2D eigenvalue weighted by Crippen LogP contribution is 2.37. The van der Waals surface area contributed by atoms with Crippen LogP contribution in [0.25, 0.3) is 0 Å². The van der Waals surface area contributed by atoms with E-state index in [4.69, 9.17) is 18.9 Å². The first-order valence-electron chi connectivity index (χ1n) is 8.29. The van der Waals surface area contributed by atoms with Gasteiger partial charge in [-0.3, -0.25) is 0 Å². The maximum atomic E-state index is 5.76. The fraction of sp³-hybridized carbons (Fsp3) is 0.368. The molecule has 2 aromatic rings. The minimum absolute atomic E-state index is 0.298. The summed E-state index contributed by atoms with van der Waals surface area (Å²) in [5, 5.41) is 3.44. The van der Waals surface area contributed by atoms with Crippen LogP contribution in [-0.2, 0) is 13.1 Å². The number of nitrogens with one attached hydrogen (secondary N) is 1. The maximum absolute atomic E-state index is 5.76. The van der Waals surface area contributed by atoms with Crippen molar-refractivity contribution in [2.45, 2.75) is 26.4 Å². The van der Waals surface area contributed by atoms with Crippen LogP contribution in [0.1, 0.15) is 24.5 Å². The van der Waals surface area contributed by atoms with Gasteiger partial charge in [0.1, 0.15) is 0 Å². The van der Waals surface area contributed by atoms with E-state index in [1.54, 1.807) is 7.11 Å². The zero-order chi connectivity index (χ0) is 17.6. The van der Waals surface area contributed by atoms with Crippen LogP contribution in [0.2, 0.25) is 0 Å². The summed E-state index contributed by atoms with van der Waals surface area (Å²) in [6.45, 7) is 4.50. The minimum atomic E-state index is 0.298. The summed E-state index contributed by atoms with van der Waals surface area (Å²) in [7, 11) is 1.66. The van der Waals surface area contributed by atoms with Gasteiger partial charge in [-0.15, -0.1) is 0 Å². The zero-order valence-corrected chi connectivity index (χ0v) is 16.0. The largest absolute Gasteiger partial charge is 0.493 e. The van der Waals surface area contributed by atoms with E-state index in [0.717, 1.165) is 58.1 Å². The molecule has 0 bridgehead atoms. The van der Waals surface area contributed by atoms with Crippen molar-refractivity contribution < 1.29 is 18.9 Å². The van der Waals surface area contributed by atoms with E-state index in [9.17, 15) is 0 Å². The number of rotatable bonds is 8. The number of hydrogen-bond donors (Lipinski definition) is 1. The SMILES string of the molecule is CCCOc1c(Br)cc(CNCc2ccc3c(c2)OCO3)cc1OC. The Morgan fingerprint density at radius 2 is 1.88 bits per heavy atom. The van der Waals surface area contributed by atoms with Crippen LogP contribution in [0.15, 0.2) is 34.8 Å². The predicted octanol–water partition coefficient (Wildman–Crippen LogP) is 4.27. The van der Waals surface area contributed by atoms with E-state index < -0.39 is 0 Å². The molecule has 2 aromatic carbocycles. The Labute approximate surface area is 156 Å². The molecule has 134 valence electrons. The molecule has 0 spiro atoms. The van der Waals surface area contributed by atoms with Gasteiger partial charge in [0.25, 0.3) is 0 Å². The van der Waals surface area contributed by atoms with Crippen LogP contribution in [-0.4, -0.2) is 20.5 Å². The number of methoxy groups -OCH3 is 1. The highest BCUT2D eigenvalue weighted by atomic mass is 79.9. The molecule has 0 saturated carbocycles. The fourth-order valence-corrected chi connectivity index (χ4v) is 3.23. The number of hydrogen-bond acceptors (Lipinski definition) is 5. The van der Waals surface area contributed by atoms with Gasteiger partial charge in [0, 0.05) is 13.1 Å². The predicted molar refractivity (Wildman–Crippen MR) is 99.6 cm³/mol. The van der Waals surface area contributed by atoms with Gasteiger partial charge in [-0.2, -0.15) is 0 Å². The second-order valence-corrected chi connectivity index (χ2v) is 6.60. The summed E-state index contributed by atoms with van der Waals surface area (Å²) in [4.78, 5) is 0. The van der Waals surface area contributed by atoms with E-state index in [1.807, 2.05) is 24.3 Å². The first kappa shape index (κ1) is 17.9. The lowest BCUT2D eigenvalue weighted by atomic mass is 10.1. The zero-order valence-electron chi connectivity index (χ0n) is 14.4. The molecule has 0 aliphatic carbocycles. The average Bonchev–Trinajstić information content (AvgIpc) is 3.08. The Bertz CT molecular complexity index is 736. The van der Waals surface area contributed by atoms with Gasteiger partial charge < -0.3 is 24.3 Å². The lowest BCUT2D eigenvalue weighted by Crippen LogP contribution is -2.13. The second-order valence-electron chi connectivity index (χ2n) is 5.75. The van der Waals surface area contributed by atoms with Crippen LogP contribution in [0, 0.1) is 0 Å². The third-order valence-electron chi connectivity index (χ3n) is 3.83. The summed E-state index contributed by atoms with van der Waals surface area (Å²) >= 11 is 3.58. The number of halogens is 1. The Hall–Kier alpha value is -1.92. The lowest BCUT2D eigenvalue weighted by molar-refractivity contribution is 0.174. The van der Waals surface area contributed by atoms with Crippen molar-refractivity contribution in [1.82, 2.24) is 5.32 Å². The van der Waals surface area contributed by atoms with Gasteiger partial charge in [0.15, 0.2) is 23.0 Å². The molecular weight excluding hydrogens is 386 g/mol. The maximum Gasteiger partial charge on any atom is 0.231 e. The molecule has 25 heavy (non-hydrogen) atoms. The molecule has 1 aliphatic rings. The van der Waals surface area contributed by atoms with Crippen LogP contribution < -0.4 is 24.3 Å². The number of ether oxygens (including phenoxy) is 4. The van der Waals surface area contributed by atoms with Gasteiger partial charge in [-0.05, 0) is 57.7 Å². The summed E-state index contributed by atoms with van der Waals surface area (Å²) in [6.07, 6.45) is 0.953. The van der Waals surface area contributed by atoms with Crippen LogP contribution in [0.4, 0.5) is 0 Å². The molecule has 1 aliphatic heterocycles.